The molecule has 2 aliphatic rings. The van der Waals surface area contributed by atoms with Crippen molar-refractivity contribution in [2.24, 2.45) is 4.99 Å². The van der Waals surface area contributed by atoms with Gasteiger partial charge in [-0.1, -0.05) is 12.1 Å². The van der Waals surface area contributed by atoms with Crippen molar-refractivity contribution < 1.29 is 33.3 Å². The summed E-state index contributed by atoms with van der Waals surface area (Å²) in [5, 5.41) is 0.244. The Balaban J connectivity index is 2.25. The van der Waals surface area contributed by atoms with Gasteiger partial charge >= 0.3 is 11.9 Å². The lowest BCUT2D eigenvalue weighted by Crippen LogP contribution is -2.45. The summed E-state index contributed by atoms with van der Waals surface area (Å²) < 4.78 is 20.9. The van der Waals surface area contributed by atoms with Gasteiger partial charge < -0.3 is 18.9 Å². The zero-order valence-corrected chi connectivity index (χ0v) is 18.6. The lowest BCUT2D eigenvalue weighted by molar-refractivity contribution is -0.140. The number of rotatable bonds is 6. The van der Waals surface area contributed by atoms with Gasteiger partial charge in [0.2, 0.25) is 0 Å². The molecule has 1 aromatic carbocycles. The Morgan fingerprint density at radius 3 is 2.52 bits per heavy atom. The Morgan fingerprint density at radius 1 is 1.16 bits per heavy atom. The largest absolute Gasteiger partial charge is 0.493 e. The zero-order chi connectivity index (χ0) is 22.7. The Hall–Kier alpha value is -3.27. The molecule has 0 spiro atoms. The van der Waals surface area contributed by atoms with Crippen LogP contribution in [0, 0.1) is 0 Å². The first-order valence-electron chi connectivity index (χ1n) is 9.36. The molecule has 0 N–H and O–H groups in total. The molecule has 164 valence electrons. The summed E-state index contributed by atoms with van der Waals surface area (Å²) in [6, 6.07) is 4.28. The monoisotopic (exact) mass is 446 g/mol. The number of allylic oxidation sites excluding steroid dienone is 1. The highest BCUT2D eigenvalue weighted by Gasteiger charge is 2.44. The number of hydrogen-bond acceptors (Lipinski definition) is 9. The van der Waals surface area contributed by atoms with E-state index in [2.05, 4.69) is 4.99 Å². The molecule has 1 amide bonds. The van der Waals surface area contributed by atoms with Crippen LogP contribution < -0.4 is 9.47 Å². The fraction of sp³-hybridized carbons (Fsp3) is 0.333. The zero-order valence-electron chi connectivity index (χ0n) is 17.8. The molecule has 10 heteroatoms. The number of thioether (sulfide) groups is 1. The van der Waals surface area contributed by atoms with Crippen LogP contribution in [0.3, 0.4) is 0 Å². The van der Waals surface area contributed by atoms with Gasteiger partial charge in [0.1, 0.15) is 10.9 Å². The topological polar surface area (TPSA) is 104 Å². The number of carbonyl (C=O) groups is 3. The van der Waals surface area contributed by atoms with Crippen LogP contribution in [-0.2, 0) is 23.9 Å². The highest BCUT2D eigenvalue weighted by atomic mass is 32.2. The predicted octanol–water partition coefficient (Wildman–Crippen LogP) is 2.58. The van der Waals surface area contributed by atoms with Crippen LogP contribution in [0.1, 0.15) is 25.5 Å². The second-order valence-electron chi connectivity index (χ2n) is 6.41. The minimum atomic E-state index is -0.896. The highest BCUT2D eigenvalue weighted by Crippen LogP contribution is 2.46. The molecule has 0 saturated heterocycles. The van der Waals surface area contributed by atoms with Gasteiger partial charge in [-0.15, -0.1) is 0 Å². The molecule has 1 aromatic rings. The average Bonchev–Trinajstić information content (AvgIpc) is 2.76. The minimum absolute atomic E-state index is 0.103. The van der Waals surface area contributed by atoms with Crippen molar-refractivity contribution in [1.82, 2.24) is 4.90 Å². The van der Waals surface area contributed by atoms with Crippen molar-refractivity contribution in [1.29, 1.82) is 0 Å². The molecular weight excluding hydrogens is 424 g/mol. The van der Waals surface area contributed by atoms with Gasteiger partial charge in [-0.3, -0.25) is 9.69 Å². The summed E-state index contributed by atoms with van der Waals surface area (Å²) in [6.07, 6.45) is 1.17. The van der Waals surface area contributed by atoms with E-state index in [0.29, 0.717) is 22.8 Å². The molecule has 3 rings (SSSR count). The van der Waals surface area contributed by atoms with E-state index in [9.17, 15) is 14.4 Å². The van der Waals surface area contributed by atoms with Crippen LogP contribution in [0.5, 0.6) is 11.5 Å². The average molecular weight is 446 g/mol. The SMILES string of the molecule is CCOC(=O)C1=C(C)N=C2SC(C(=O)OC)=CC(=O)N2[C@H]1c1cccc(OC)c1OC. The highest BCUT2D eigenvalue weighted by molar-refractivity contribution is 8.18. The number of para-hydroxylation sites is 1. The van der Waals surface area contributed by atoms with Gasteiger partial charge in [0.15, 0.2) is 16.7 Å². The predicted molar refractivity (Wildman–Crippen MR) is 114 cm³/mol. The summed E-state index contributed by atoms with van der Waals surface area (Å²) in [7, 11) is 4.20. The third-order valence-corrected chi connectivity index (χ3v) is 5.67. The summed E-state index contributed by atoms with van der Waals surface area (Å²) in [4.78, 5) is 43.9. The number of aliphatic imine (C=N–C) groups is 1. The van der Waals surface area contributed by atoms with E-state index in [-0.39, 0.29) is 22.3 Å². The molecule has 0 aliphatic carbocycles. The Morgan fingerprint density at radius 2 is 1.90 bits per heavy atom. The van der Waals surface area contributed by atoms with Crippen LogP contribution in [0.4, 0.5) is 0 Å². The smallest absolute Gasteiger partial charge is 0.345 e. The Kier molecular flexibility index (Phi) is 6.69. The fourth-order valence-corrected chi connectivity index (χ4v) is 4.39. The van der Waals surface area contributed by atoms with Crippen LogP contribution in [0.25, 0.3) is 0 Å². The number of hydrogen-bond donors (Lipinski definition) is 0. The van der Waals surface area contributed by atoms with Gasteiger partial charge in [-0.05, 0) is 31.7 Å². The van der Waals surface area contributed by atoms with Crippen LogP contribution in [0.15, 0.2) is 45.4 Å². The van der Waals surface area contributed by atoms with E-state index in [4.69, 9.17) is 18.9 Å². The van der Waals surface area contributed by atoms with Crippen molar-refractivity contribution in [2.45, 2.75) is 19.9 Å². The number of amides is 1. The van der Waals surface area contributed by atoms with Gasteiger partial charge in [0.25, 0.3) is 5.91 Å². The summed E-state index contributed by atoms with van der Waals surface area (Å²) in [5.41, 5.74) is 1.08. The number of methoxy groups -OCH3 is 3. The molecule has 0 bridgehead atoms. The number of benzene rings is 1. The van der Waals surface area contributed by atoms with E-state index in [1.54, 1.807) is 32.0 Å². The quantitative estimate of drug-likeness (QED) is 0.614. The van der Waals surface area contributed by atoms with Crippen LogP contribution in [0.2, 0.25) is 0 Å². The molecule has 0 aromatic heterocycles. The van der Waals surface area contributed by atoms with Gasteiger partial charge in [0.05, 0.1) is 39.2 Å². The molecule has 31 heavy (non-hydrogen) atoms. The van der Waals surface area contributed by atoms with Crippen LogP contribution >= 0.6 is 11.8 Å². The number of ether oxygens (including phenoxy) is 4. The number of fused-ring (bicyclic) bond motifs is 1. The number of carbonyl (C=O) groups excluding carboxylic acids is 3. The van der Waals surface area contributed by atoms with Crippen molar-refractivity contribution >= 4 is 34.8 Å². The fourth-order valence-electron chi connectivity index (χ4n) is 3.39. The molecule has 9 nitrogen and oxygen atoms in total. The molecule has 0 saturated carbocycles. The number of nitrogens with zero attached hydrogens (tertiary/aromatic N) is 2. The van der Waals surface area contributed by atoms with Crippen molar-refractivity contribution in [3.63, 3.8) is 0 Å². The van der Waals surface area contributed by atoms with E-state index < -0.39 is 23.9 Å². The first-order valence-corrected chi connectivity index (χ1v) is 10.2. The lowest BCUT2D eigenvalue weighted by Gasteiger charge is -2.38. The van der Waals surface area contributed by atoms with Gasteiger partial charge in [-0.25, -0.2) is 14.6 Å². The lowest BCUT2D eigenvalue weighted by atomic mass is 9.93. The van der Waals surface area contributed by atoms with E-state index in [1.165, 1.54) is 32.3 Å². The summed E-state index contributed by atoms with van der Waals surface area (Å²) >= 11 is 0.988. The maximum atomic E-state index is 13.1. The van der Waals surface area contributed by atoms with E-state index in [0.717, 1.165) is 11.8 Å². The maximum Gasteiger partial charge on any atom is 0.345 e. The third-order valence-electron chi connectivity index (χ3n) is 4.69. The van der Waals surface area contributed by atoms with Crippen molar-refractivity contribution in [3.8, 4) is 11.5 Å². The third kappa shape index (κ3) is 4.02. The molecular formula is C21H22N2O7S. The van der Waals surface area contributed by atoms with E-state index >= 15 is 0 Å². The molecule has 2 heterocycles. The van der Waals surface area contributed by atoms with Gasteiger partial charge in [0, 0.05) is 11.6 Å². The second-order valence-corrected chi connectivity index (χ2v) is 7.42. The molecule has 2 aliphatic heterocycles. The maximum absolute atomic E-state index is 13.1. The van der Waals surface area contributed by atoms with Gasteiger partial charge in [-0.2, -0.15) is 0 Å². The number of esters is 2. The normalized spacial score (nSPS) is 18.0. The standard InChI is InChI=1S/C21H22N2O7S/c1-6-30-20(26)16-11(2)22-21-23(15(24)10-14(31-21)19(25)29-5)17(16)12-8-7-9-13(27-3)18(12)28-4/h7-10,17H,6H2,1-5H3/t17-/m0/s1. The second kappa shape index (κ2) is 9.25. The first kappa shape index (κ1) is 22.4. The van der Waals surface area contributed by atoms with Crippen LogP contribution in [-0.4, -0.2) is 55.8 Å². The molecule has 1 atom stereocenters. The molecule has 0 fully saturated rings. The Labute approximate surface area is 183 Å². The van der Waals surface area contributed by atoms with Crippen molar-refractivity contribution in [2.75, 3.05) is 27.9 Å². The first-order chi connectivity index (χ1) is 14.9. The summed E-state index contributed by atoms with van der Waals surface area (Å²) in [6.45, 7) is 3.50. The minimum Gasteiger partial charge on any atom is -0.493 e. The summed E-state index contributed by atoms with van der Waals surface area (Å²) in [5.74, 6) is -0.964. The molecule has 0 radical (unpaired) electrons. The Bertz CT molecular complexity index is 1030. The van der Waals surface area contributed by atoms with Crippen molar-refractivity contribution in [3.05, 3.63) is 46.0 Å². The number of amidine groups is 1. The molecule has 0 unspecified atom stereocenters. The van der Waals surface area contributed by atoms with E-state index in [1.807, 2.05) is 0 Å².